The Bertz CT molecular complexity index is 440. The Morgan fingerprint density at radius 3 is 3.21 bits per heavy atom. The molecule has 72 valence electrons. The first-order valence-corrected chi connectivity index (χ1v) is 5.33. The van der Waals surface area contributed by atoms with Crippen molar-refractivity contribution in [2.75, 3.05) is 0 Å². The van der Waals surface area contributed by atoms with E-state index in [9.17, 15) is 0 Å². The number of pyridine rings is 1. The molecule has 0 N–H and O–H groups in total. The van der Waals surface area contributed by atoms with Crippen LogP contribution in [-0.4, -0.2) is 9.38 Å². The van der Waals surface area contributed by atoms with Gasteiger partial charge in [-0.25, -0.2) is 4.98 Å². The van der Waals surface area contributed by atoms with Crippen molar-refractivity contribution in [3.63, 3.8) is 0 Å². The Kier molecular flexibility index (Phi) is 1.79. The lowest BCUT2D eigenvalue weighted by Crippen LogP contribution is -1.91. The largest absolute Gasteiger partial charge is 0.306 e. The number of nitrogens with zero attached hydrogens (tertiary/aromatic N) is 2. The normalized spacial score (nSPS) is 16.3. The zero-order valence-electron chi connectivity index (χ0n) is 8.19. The summed E-state index contributed by atoms with van der Waals surface area (Å²) in [6.45, 7) is 0. The molecular formula is C12H14N2. The first-order chi connectivity index (χ1) is 6.93. The fraction of sp³-hybridized carbons (Fsp3) is 0.417. The minimum atomic E-state index is 1.01. The summed E-state index contributed by atoms with van der Waals surface area (Å²) in [7, 11) is 0. The van der Waals surface area contributed by atoms with Crippen LogP contribution in [0, 0.1) is 5.92 Å². The summed E-state index contributed by atoms with van der Waals surface area (Å²) in [5.41, 5.74) is 2.71. The first kappa shape index (κ1) is 8.04. The number of aromatic nitrogens is 2. The minimum Gasteiger partial charge on any atom is -0.306 e. The maximum Gasteiger partial charge on any atom is 0.0992 e. The van der Waals surface area contributed by atoms with Crippen LogP contribution in [0.4, 0.5) is 0 Å². The second-order valence-corrected chi connectivity index (χ2v) is 4.20. The van der Waals surface area contributed by atoms with Crippen LogP contribution in [0.15, 0.2) is 30.9 Å². The van der Waals surface area contributed by atoms with Crippen molar-refractivity contribution in [1.82, 2.24) is 9.38 Å². The SMILES string of the molecule is c1cc(CCC2CC2)c2cncn2c1. The zero-order chi connectivity index (χ0) is 9.38. The molecule has 1 fully saturated rings. The molecule has 0 aromatic carbocycles. The van der Waals surface area contributed by atoms with Gasteiger partial charge in [-0.15, -0.1) is 0 Å². The minimum absolute atomic E-state index is 1.01. The monoisotopic (exact) mass is 186 g/mol. The van der Waals surface area contributed by atoms with Gasteiger partial charge in [0.15, 0.2) is 0 Å². The predicted molar refractivity (Wildman–Crippen MR) is 56.2 cm³/mol. The van der Waals surface area contributed by atoms with Crippen molar-refractivity contribution in [1.29, 1.82) is 0 Å². The lowest BCUT2D eigenvalue weighted by atomic mass is 10.1. The van der Waals surface area contributed by atoms with Crippen molar-refractivity contribution >= 4 is 5.52 Å². The Labute approximate surface area is 83.6 Å². The molecule has 0 radical (unpaired) electrons. The van der Waals surface area contributed by atoms with Gasteiger partial charge in [-0.05, 0) is 30.4 Å². The van der Waals surface area contributed by atoms with Crippen molar-refractivity contribution in [2.45, 2.75) is 25.7 Å². The number of hydrogen-bond acceptors (Lipinski definition) is 1. The van der Waals surface area contributed by atoms with E-state index in [4.69, 9.17) is 0 Å². The summed E-state index contributed by atoms with van der Waals surface area (Å²) in [6.07, 6.45) is 11.3. The van der Waals surface area contributed by atoms with E-state index < -0.39 is 0 Å². The lowest BCUT2D eigenvalue weighted by Gasteiger charge is -2.02. The molecule has 0 atom stereocenters. The highest BCUT2D eigenvalue weighted by Gasteiger charge is 2.20. The van der Waals surface area contributed by atoms with Crippen LogP contribution in [0.5, 0.6) is 0 Å². The van der Waals surface area contributed by atoms with Crippen LogP contribution in [0.25, 0.3) is 5.52 Å². The topological polar surface area (TPSA) is 17.3 Å². The second-order valence-electron chi connectivity index (χ2n) is 4.20. The highest BCUT2D eigenvalue weighted by Crippen LogP contribution is 2.33. The third kappa shape index (κ3) is 1.41. The fourth-order valence-corrected chi connectivity index (χ4v) is 1.99. The molecule has 1 saturated carbocycles. The van der Waals surface area contributed by atoms with Crippen LogP contribution < -0.4 is 0 Å². The number of aryl methyl sites for hydroxylation is 1. The summed E-state index contributed by atoms with van der Waals surface area (Å²) in [5, 5.41) is 0. The molecule has 0 unspecified atom stereocenters. The molecule has 3 rings (SSSR count). The average molecular weight is 186 g/mol. The molecule has 14 heavy (non-hydrogen) atoms. The molecule has 2 heteroatoms. The van der Waals surface area contributed by atoms with E-state index >= 15 is 0 Å². The lowest BCUT2D eigenvalue weighted by molar-refractivity contribution is 0.728. The van der Waals surface area contributed by atoms with Crippen LogP contribution in [0.3, 0.4) is 0 Å². The Morgan fingerprint density at radius 1 is 1.43 bits per heavy atom. The highest BCUT2D eigenvalue weighted by molar-refractivity contribution is 5.52. The van der Waals surface area contributed by atoms with Crippen LogP contribution in [0.2, 0.25) is 0 Å². The number of fused-ring (bicyclic) bond motifs is 1. The van der Waals surface area contributed by atoms with Gasteiger partial charge in [-0.3, -0.25) is 0 Å². The molecule has 0 saturated heterocycles. The summed E-state index contributed by atoms with van der Waals surface area (Å²) < 4.78 is 2.10. The van der Waals surface area contributed by atoms with Gasteiger partial charge in [0.2, 0.25) is 0 Å². The molecule has 2 aromatic rings. The van der Waals surface area contributed by atoms with Gasteiger partial charge >= 0.3 is 0 Å². The highest BCUT2D eigenvalue weighted by atomic mass is 15.0. The van der Waals surface area contributed by atoms with E-state index in [0.717, 1.165) is 5.92 Å². The summed E-state index contributed by atoms with van der Waals surface area (Å²) in [5.74, 6) is 1.01. The van der Waals surface area contributed by atoms with E-state index in [1.807, 2.05) is 12.5 Å². The predicted octanol–water partition coefficient (Wildman–Crippen LogP) is 2.68. The molecule has 0 amide bonds. The third-order valence-electron chi connectivity index (χ3n) is 3.06. The maximum absolute atomic E-state index is 4.17. The van der Waals surface area contributed by atoms with E-state index in [1.165, 1.54) is 36.8 Å². The van der Waals surface area contributed by atoms with E-state index in [1.54, 1.807) is 0 Å². The Hall–Kier alpha value is -1.31. The Morgan fingerprint density at radius 2 is 2.36 bits per heavy atom. The van der Waals surface area contributed by atoms with Crippen molar-refractivity contribution < 1.29 is 0 Å². The van der Waals surface area contributed by atoms with Crippen molar-refractivity contribution in [2.24, 2.45) is 5.92 Å². The molecule has 0 bridgehead atoms. The Balaban J connectivity index is 1.89. The van der Waals surface area contributed by atoms with Gasteiger partial charge in [-0.2, -0.15) is 0 Å². The van der Waals surface area contributed by atoms with Crippen LogP contribution in [-0.2, 0) is 6.42 Å². The first-order valence-electron chi connectivity index (χ1n) is 5.33. The third-order valence-corrected chi connectivity index (χ3v) is 3.06. The van der Waals surface area contributed by atoms with Gasteiger partial charge in [0.1, 0.15) is 0 Å². The molecule has 2 heterocycles. The van der Waals surface area contributed by atoms with Gasteiger partial charge in [0.05, 0.1) is 18.0 Å². The van der Waals surface area contributed by atoms with Gasteiger partial charge < -0.3 is 4.40 Å². The van der Waals surface area contributed by atoms with Crippen LogP contribution in [0.1, 0.15) is 24.8 Å². The van der Waals surface area contributed by atoms with Gasteiger partial charge in [-0.1, -0.05) is 18.9 Å². The smallest absolute Gasteiger partial charge is 0.0992 e. The fourth-order valence-electron chi connectivity index (χ4n) is 1.99. The molecule has 2 aromatic heterocycles. The maximum atomic E-state index is 4.17. The number of imidazole rings is 1. The van der Waals surface area contributed by atoms with Gasteiger partial charge in [0.25, 0.3) is 0 Å². The van der Waals surface area contributed by atoms with E-state index in [0.29, 0.717) is 0 Å². The van der Waals surface area contributed by atoms with E-state index in [2.05, 4.69) is 27.7 Å². The average Bonchev–Trinajstić information content (AvgIpc) is 2.91. The summed E-state index contributed by atoms with van der Waals surface area (Å²) >= 11 is 0. The molecule has 1 aliphatic carbocycles. The molecular weight excluding hydrogens is 172 g/mol. The summed E-state index contributed by atoms with van der Waals surface area (Å²) in [4.78, 5) is 4.17. The van der Waals surface area contributed by atoms with E-state index in [-0.39, 0.29) is 0 Å². The molecule has 2 nitrogen and oxygen atoms in total. The quantitative estimate of drug-likeness (QED) is 0.720. The van der Waals surface area contributed by atoms with Crippen molar-refractivity contribution in [3.05, 3.63) is 36.4 Å². The molecule has 0 aliphatic heterocycles. The molecule has 0 spiro atoms. The standard InChI is InChI=1S/C12H14N2/c1-2-11(6-5-10-3-4-10)12-8-13-9-14(12)7-1/h1-2,7-10H,3-6H2. The zero-order valence-corrected chi connectivity index (χ0v) is 8.19. The second kappa shape index (κ2) is 3.12. The number of hydrogen-bond donors (Lipinski definition) is 0. The summed E-state index contributed by atoms with van der Waals surface area (Å²) in [6, 6.07) is 4.33. The van der Waals surface area contributed by atoms with Gasteiger partial charge in [0, 0.05) is 6.20 Å². The van der Waals surface area contributed by atoms with Crippen LogP contribution >= 0.6 is 0 Å². The molecule has 1 aliphatic rings. The number of rotatable bonds is 3. The van der Waals surface area contributed by atoms with Crippen molar-refractivity contribution in [3.8, 4) is 0 Å².